The molecule has 6 heteroatoms. The fraction of sp³-hybridized carbons (Fsp3) is 0.364. The number of amides is 1. The number of rotatable bonds is 5. The predicted octanol–water partition coefficient (Wildman–Crippen LogP) is 3.35. The zero-order valence-corrected chi connectivity index (χ0v) is 11.8. The van der Waals surface area contributed by atoms with E-state index < -0.39 is 0 Å². The minimum Gasteiger partial charge on any atom is -0.324 e. The molecule has 0 spiro atoms. The van der Waals surface area contributed by atoms with Gasteiger partial charge in [0.15, 0.2) is 0 Å². The van der Waals surface area contributed by atoms with E-state index in [4.69, 9.17) is 23.2 Å². The van der Waals surface area contributed by atoms with E-state index in [9.17, 15) is 4.79 Å². The summed E-state index contributed by atoms with van der Waals surface area (Å²) in [5, 5.41) is 6.72. The van der Waals surface area contributed by atoms with Gasteiger partial charge < -0.3 is 10.6 Å². The molecule has 0 aromatic heterocycles. The van der Waals surface area contributed by atoms with Crippen LogP contribution in [0.4, 0.5) is 5.69 Å². The molecule has 0 bridgehead atoms. The number of nitrogens with one attached hydrogen (secondary N) is 2. The number of benzene rings is 1. The standard InChI is InChI=1S/C11H14Cl2N2O.ClH/c1-2-5-14-7-11(16)15-10-6-8(12)3-4-9(10)13;/h3-4,6,14H,2,5,7H2,1H3,(H,15,16);1H. The Hall–Kier alpha value is -0.480. The summed E-state index contributed by atoms with van der Waals surface area (Å²) in [6, 6.07) is 4.95. The van der Waals surface area contributed by atoms with Crippen molar-refractivity contribution in [3.63, 3.8) is 0 Å². The Morgan fingerprint density at radius 2 is 2.06 bits per heavy atom. The van der Waals surface area contributed by atoms with Crippen molar-refractivity contribution >= 4 is 47.2 Å². The third-order valence-corrected chi connectivity index (χ3v) is 2.48. The monoisotopic (exact) mass is 296 g/mol. The number of carbonyl (C=O) groups excluding carboxylic acids is 1. The van der Waals surface area contributed by atoms with Crippen LogP contribution < -0.4 is 10.6 Å². The van der Waals surface area contributed by atoms with Crippen molar-refractivity contribution in [2.75, 3.05) is 18.4 Å². The second kappa shape index (κ2) is 8.59. The van der Waals surface area contributed by atoms with Crippen molar-refractivity contribution in [1.29, 1.82) is 0 Å². The molecular formula is C11H15Cl3N2O. The lowest BCUT2D eigenvalue weighted by Gasteiger charge is -2.08. The second-order valence-electron chi connectivity index (χ2n) is 3.35. The minimum absolute atomic E-state index is 0. The zero-order valence-electron chi connectivity index (χ0n) is 9.43. The molecule has 96 valence electrons. The maximum atomic E-state index is 11.5. The van der Waals surface area contributed by atoms with Crippen molar-refractivity contribution in [2.24, 2.45) is 0 Å². The summed E-state index contributed by atoms with van der Waals surface area (Å²) in [4.78, 5) is 11.5. The van der Waals surface area contributed by atoms with Crippen molar-refractivity contribution in [1.82, 2.24) is 5.32 Å². The van der Waals surface area contributed by atoms with E-state index >= 15 is 0 Å². The molecule has 1 amide bonds. The van der Waals surface area contributed by atoms with Gasteiger partial charge in [-0.2, -0.15) is 0 Å². The normalized spacial score (nSPS) is 9.59. The second-order valence-corrected chi connectivity index (χ2v) is 4.19. The van der Waals surface area contributed by atoms with Gasteiger partial charge in [-0.05, 0) is 31.2 Å². The van der Waals surface area contributed by atoms with Crippen LogP contribution in [-0.4, -0.2) is 19.0 Å². The van der Waals surface area contributed by atoms with Gasteiger partial charge in [0, 0.05) is 5.02 Å². The molecular weight excluding hydrogens is 282 g/mol. The van der Waals surface area contributed by atoms with Crippen molar-refractivity contribution in [3.05, 3.63) is 28.2 Å². The summed E-state index contributed by atoms with van der Waals surface area (Å²) in [6.07, 6.45) is 0.991. The summed E-state index contributed by atoms with van der Waals surface area (Å²) in [7, 11) is 0. The van der Waals surface area contributed by atoms with Crippen LogP contribution in [0.3, 0.4) is 0 Å². The Morgan fingerprint density at radius 3 is 2.71 bits per heavy atom. The summed E-state index contributed by atoms with van der Waals surface area (Å²) in [5.41, 5.74) is 0.539. The highest BCUT2D eigenvalue weighted by Gasteiger charge is 2.05. The average molecular weight is 298 g/mol. The smallest absolute Gasteiger partial charge is 0.238 e. The molecule has 0 radical (unpaired) electrons. The van der Waals surface area contributed by atoms with E-state index in [1.54, 1.807) is 18.2 Å². The van der Waals surface area contributed by atoms with Gasteiger partial charge in [0.05, 0.1) is 17.3 Å². The van der Waals surface area contributed by atoms with Crippen LogP contribution in [0.1, 0.15) is 13.3 Å². The Morgan fingerprint density at radius 1 is 1.35 bits per heavy atom. The van der Waals surface area contributed by atoms with Crippen LogP contribution in [0, 0.1) is 0 Å². The lowest BCUT2D eigenvalue weighted by atomic mass is 10.3. The highest BCUT2D eigenvalue weighted by atomic mass is 35.5. The third-order valence-electron chi connectivity index (χ3n) is 1.91. The third kappa shape index (κ3) is 6.13. The first-order valence-corrected chi connectivity index (χ1v) is 5.84. The van der Waals surface area contributed by atoms with Gasteiger partial charge in [-0.3, -0.25) is 4.79 Å². The molecule has 17 heavy (non-hydrogen) atoms. The summed E-state index contributed by atoms with van der Waals surface area (Å²) >= 11 is 11.7. The first-order valence-electron chi connectivity index (χ1n) is 5.09. The maximum Gasteiger partial charge on any atom is 0.238 e. The van der Waals surface area contributed by atoms with E-state index in [0.717, 1.165) is 13.0 Å². The largest absolute Gasteiger partial charge is 0.324 e. The number of anilines is 1. The SMILES string of the molecule is CCCNCC(=O)Nc1cc(Cl)ccc1Cl.Cl. The first kappa shape index (κ1) is 16.5. The summed E-state index contributed by atoms with van der Waals surface area (Å²) < 4.78 is 0. The Balaban J connectivity index is 0.00000256. The van der Waals surface area contributed by atoms with Gasteiger partial charge >= 0.3 is 0 Å². The van der Waals surface area contributed by atoms with Gasteiger partial charge in [-0.25, -0.2) is 0 Å². The fourth-order valence-electron chi connectivity index (χ4n) is 1.17. The number of halogens is 3. The van der Waals surface area contributed by atoms with Crippen LogP contribution in [0.25, 0.3) is 0 Å². The highest BCUT2D eigenvalue weighted by molar-refractivity contribution is 6.35. The van der Waals surface area contributed by atoms with E-state index in [1.165, 1.54) is 0 Å². The van der Waals surface area contributed by atoms with Crippen LogP contribution in [-0.2, 0) is 4.79 Å². The molecule has 0 saturated heterocycles. The highest BCUT2D eigenvalue weighted by Crippen LogP contribution is 2.25. The molecule has 0 atom stereocenters. The van der Waals surface area contributed by atoms with Crippen LogP contribution in [0.15, 0.2) is 18.2 Å². The topological polar surface area (TPSA) is 41.1 Å². The van der Waals surface area contributed by atoms with Crippen molar-refractivity contribution < 1.29 is 4.79 Å². The number of carbonyl (C=O) groups is 1. The van der Waals surface area contributed by atoms with Gasteiger partial charge in [0.25, 0.3) is 0 Å². The Kier molecular flexibility index (Phi) is 8.35. The van der Waals surface area contributed by atoms with Gasteiger partial charge in [0.1, 0.15) is 0 Å². The number of hydrogen-bond acceptors (Lipinski definition) is 2. The van der Waals surface area contributed by atoms with Crippen LogP contribution >= 0.6 is 35.6 Å². The zero-order chi connectivity index (χ0) is 12.0. The van der Waals surface area contributed by atoms with Crippen LogP contribution in [0.5, 0.6) is 0 Å². The molecule has 3 nitrogen and oxygen atoms in total. The Labute approximate surface area is 117 Å². The van der Waals surface area contributed by atoms with E-state index in [-0.39, 0.29) is 24.9 Å². The first-order chi connectivity index (χ1) is 7.63. The molecule has 0 saturated carbocycles. The molecule has 1 aromatic carbocycles. The molecule has 0 heterocycles. The maximum absolute atomic E-state index is 11.5. The predicted molar refractivity (Wildman–Crippen MR) is 75.5 cm³/mol. The van der Waals surface area contributed by atoms with E-state index in [2.05, 4.69) is 10.6 Å². The van der Waals surface area contributed by atoms with Gasteiger partial charge in [0.2, 0.25) is 5.91 Å². The molecule has 2 N–H and O–H groups in total. The molecule has 0 unspecified atom stereocenters. The minimum atomic E-state index is -0.127. The lowest BCUT2D eigenvalue weighted by molar-refractivity contribution is -0.115. The van der Waals surface area contributed by atoms with Crippen molar-refractivity contribution in [2.45, 2.75) is 13.3 Å². The molecule has 0 aliphatic carbocycles. The summed E-state index contributed by atoms with van der Waals surface area (Å²) in [6.45, 7) is 3.13. The number of hydrogen-bond donors (Lipinski definition) is 2. The van der Waals surface area contributed by atoms with Gasteiger partial charge in [-0.15, -0.1) is 12.4 Å². The van der Waals surface area contributed by atoms with E-state index in [0.29, 0.717) is 15.7 Å². The average Bonchev–Trinajstić information content (AvgIpc) is 2.24. The van der Waals surface area contributed by atoms with Gasteiger partial charge in [-0.1, -0.05) is 30.1 Å². The Bertz CT molecular complexity index is 372. The molecule has 0 fully saturated rings. The lowest BCUT2D eigenvalue weighted by Crippen LogP contribution is -2.28. The molecule has 1 aromatic rings. The van der Waals surface area contributed by atoms with Crippen LogP contribution in [0.2, 0.25) is 10.0 Å². The molecule has 0 aliphatic rings. The fourth-order valence-corrected chi connectivity index (χ4v) is 1.50. The molecule has 0 aliphatic heterocycles. The van der Waals surface area contributed by atoms with E-state index in [1.807, 2.05) is 6.92 Å². The summed E-state index contributed by atoms with van der Waals surface area (Å²) in [5.74, 6) is -0.127. The quantitative estimate of drug-likeness (QED) is 0.818. The van der Waals surface area contributed by atoms with Crippen molar-refractivity contribution in [3.8, 4) is 0 Å². The molecule has 1 rings (SSSR count).